The summed E-state index contributed by atoms with van der Waals surface area (Å²) in [5.74, 6) is -1.79. The van der Waals surface area contributed by atoms with Crippen molar-refractivity contribution in [3.8, 4) is 11.8 Å². The van der Waals surface area contributed by atoms with Crippen LogP contribution < -0.4 is 16.0 Å². The Morgan fingerprint density at radius 2 is 1.86 bits per heavy atom. The van der Waals surface area contributed by atoms with Gasteiger partial charge in [0.05, 0.1) is 44.2 Å². The molecule has 2 atom stereocenters. The van der Waals surface area contributed by atoms with Crippen LogP contribution >= 0.6 is 11.3 Å². The molecule has 0 aliphatic heterocycles. The standard InChI is InChI=1S/C31H38FN3O7S/c1-9-41-29(38)26-19(5)25-27(37)35(31(6,7)24(36)12-17(2)3)30(39)34(28(25)43-26)15-23(42-16-18(4)14-33)21-13-20(32)10-11-22(21)40-8/h10-11,13,17-18,23H,9,12,15-16H2,1-8H3/t18-,23+/m1/s1. The van der Waals surface area contributed by atoms with E-state index in [-0.39, 0.29) is 64.3 Å². The lowest BCUT2D eigenvalue weighted by Gasteiger charge is -2.28. The number of aromatic nitrogens is 2. The summed E-state index contributed by atoms with van der Waals surface area (Å²) in [6.07, 6.45) is -0.887. The number of ether oxygens (including phenoxy) is 3. The van der Waals surface area contributed by atoms with Gasteiger partial charge in [0.2, 0.25) is 0 Å². The van der Waals surface area contributed by atoms with Gasteiger partial charge in [-0.2, -0.15) is 5.26 Å². The number of ketones is 1. The molecular formula is C31H38FN3O7S. The van der Waals surface area contributed by atoms with Crippen LogP contribution in [0.5, 0.6) is 5.75 Å². The summed E-state index contributed by atoms with van der Waals surface area (Å²) in [5.41, 5.74) is -2.44. The zero-order chi connectivity index (χ0) is 32.2. The van der Waals surface area contributed by atoms with E-state index in [9.17, 15) is 28.8 Å². The molecule has 0 amide bonds. The number of hydrogen-bond donors (Lipinski definition) is 0. The average Bonchev–Trinajstić information content (AvgIpc) is 3.29. The highest BCUT2D eigenvalue weighted by Gasteiger charge is 2.36. The number of methoxy groups -OCH3 is 1. The summed E-state index contributed by atoms with van der Waals surface area (Å²) in [6, 6.07) is 5.95. The van der Waals surface area contributed by atoms with Crippen molar-refractivity contribution in [2.45, 2.75) is 73.1 Å². The SMILES string of the molecule is CCOC(=O)c1sc2c(c1C)c(=O)n(C(C)(C)C(=O)CC(C)C)c(=O)n2C[C@H](OC[C@H](C)C#N)c1cc(F)ccc1OC. The monoisotopic (exact) mass is 615 g/mol. The van der Waals surface area contributed by atoms with Crippen molar-refractivity contribution >= 4 is 33.3 Å². The molecule has 2 heterocycles. The average molecular weight is 616 g/mol. The number of hydrogen-bond acceptors (Lipinski definition) is 9. The van der Waals surface area contributed by atoms with Gasteiger partial charge in [-0.1, -0.05) is 13.8 Å². The first kappa shape index (κ1) is 33.7. The molecule has 0 bridgehead atoms. The fourth-order valence-corrected chi connectivity index (χ4v) is 5.99. The number of nitriles is 1. The van der Waals surface area contributed by atoms with E-state index in [1.54, 1.807) is 20.8 Å². The highest BCUT2D eigenvalue weighted by atomic mass is 32.1. The van der Waals surface area contributed by atoms with E-state index >= 15 is 0 Å². The fourth-order valence-electron chi connectivity index (χ4n) is 4.80. The lowest BCUT2D eigenvalue weighted by Crippen LogP contribution is -2.53. The molecule has 232 valence electrons. The van der Waals surface area contributed by atoms with Gasteiger partial charge < -0.3 is 14.2 Å². The van der Waals surface area contributed by atoms with Crippen LogP contribution in [0.15, 0.2) is 27.8 Å². The molecule has 0 N–H and O–H groups in total. The maximum absolute atomic E-state index is 14.5. The number of nitrogens with zero attached hydrogens (tertiary/aromatic N) is 3. The van der Waals surface area contributed by atoms with Gasteiger partial charge in [0.1, 0.15) is 32.9 Å². The second kappa shape index (κ2) is 13.7. The molecule has 0 aliphatic carbocycles. The molecule has 0 spiro atoms. The summed E-state index contributed by atoms with van der Waals surface area (Å²) >= 11 is 0.921. The van der Waals surface area contributed by atoms with Gasteiger partial charge in [-0.3, -0.25) is 14.2 Å². The number of rotatable bonds is 13. The number of carbonyl (C=O) groups is 2. The summed E-state index contributed by atoms with van der Waals surface area (Å²) in [7, 11) is 1.41. The zero-order valence-corrected chi connectivity index (χ0v) is 26.6. The first-order chi connectivity index (χ1) is 20.2. The summed E-state index contributed by atoms with van der Waals surface area (Å²) in [6.45, 7) is 11.5. The highest BCUT2D eigenvalue weighted by Crippen LogP contribution is 2.34. The molecule has 0 saturated heterocycles. The number of fused-ring (bicyclic) bond motifs is 1. The number of halogens is 1. The topological polar surface area (TPSA) is 130 Å². The van der Waals surface area contributed by atoms with Gasteiger partial charge in [0.25, 0.3) is 5.56 Å². The molecule has 10 nitrogen and oxygen atoms in total. The van der Waals surface area contributed by atoms with Gasteiger partial charge in [-0.05, 0) is 64.3 Å². The van der Waals surface area contributed by atoms with E-state index in [4.69, 9.17) is 14.2 Å². The van der Waals surface area contributed by atoms with Crippen molar-refractivity contribution in [2.75, 3.05) is 20.3 Å². The van der Waals surface area contributed by atoms with Gasteiger partial charge in [-0.15, -0.1) is 11.3 Å². The predicted octanol–water partition coefficient (Wildman–Crippen LogP) is 5.13. The molecule has 3 aromatic rings. The molecule has 3 rings (SSSR count). The largest absolute Gasteiger partial charge is 0.496 e. The quantitative estimate of drug-likeness (QED) is 0.242. The molecular weight excluding hydrogens is 577 g/mol. The molecule has 0 fully saturated rings. The molecule has 0 unspecified atom stereocenters. The second-order valence-corrected chi connectivity index (χ2v) is 12.3. The summed E-state index contributed by atoms with van der Waals surface area (Å²) < 4.78 is 33.5. The lowest BCUT2D eigenvalue weighted by molar-refractivity contribution is -0.127. The van der Waals surface area contributed by atoms with Crippen LogP contribution in [0.3, 0.4) is 0 Å². The van der Waals surface area contributed by atoms with Crippen molar-refractivity contribution in [3.05, 3.63) is 60.9 Å². The number of Topliss-reactive ketones (excluding diaryl/α,β-unsaturated/α-hetero) is 1. The minimum atomic E-state index is -1.53. The Hall–Kier alpha value is -3.82. The number of benzene rings is 1. The van der Waals surface area contributed by atoms with Crippen molar-refractivity contribution in [3.63, 3.8) is 0 Å². The van der Waals surface area contributed by atoms with Gasteiger partial charge in [-0.25, -0.2) is 18.5 Å². The normalized spacial score (nSPS) is 13.1. The van der Waals surface area contributed by atoms with Crippen LogP contribution in [0.4, 0.5) is 4.39 Å². The van der Waals surface area contributed by atoms with E-state index < -0.39 is 40.6 Å². The molecule has 0 radical (unpaired) electrons. The first-order valence-electron chi connectivity index (χ1n) is 14.0. The van der Waals surface area contributed by atoms with Gasteiger partial charge in [0.15, 0.2) is 5.78 Å². The number of thiophene rings is 1. The Balaban J connectivity index is 2.40. The van der Waals surface area contributed by atoms with Crippen LogP contribution in [0.1, 0.15) is 74.9 Å². The van der Waals surface area contributed by atoms with Crippen molar-refractivity contribution in [1.82, 2.24) is 9.13 Å². The Labute approximate surface area is 253 Å². The number of aryl methyl sites for hydroxylation is 1. The smallest absolute Gasteiger partial charge is 0.348 e. The second-order valence-electron chi connectivity index (χ2n) is 11.3. The van der Waals surface area contributed by atoms with Crippen LogP contribution in [0, 0.1) is 35.9 Å². The van der Waals surface area contributed by atoms with E-state index in [0.29, 0.717) is 5.56 Å². The van der Waals surface area contributed by atoms with Crippen molar-refractivity contribution in [1.29, 1.82) is 5.26 Å². The minimum Gasteiger partial charge on any atom is -0.496 e. The molecule has 1 aromatic carbocycles. The molecule has 12 heteroatoms. The van der Waals surface area contributed by atoms with E-state index in [1.807, 2.05) is 13.8 Å². The highest BCUT2D eigenvalue weighted by molar-refractivity contribution is 7.20. The van der Waals surface area contributed by atoms with Crippen molar-refractivity contribution < 1.29 is 28.2 Å². The number of esters is 1. The lowest BCUT2D eigenvalue weighted by atomic mass is 9.91. The Kier molecular flexibility index (Phi) is 10.7. The van der Waals surface area contributed by atoms with E-state index in [1.165, 1.54) is 43.7 Å². The van der Waals surface area contributed by atoms with E-state index in [0.717, 1.165) is 15.9 Å². The molecule has 0 saturated carbocycles. The molecule has 43 heavy (non-hydrogen) atoms. The summed E-state index contributed by atoms with van der Waals surface area (Å²) in [5, 5.41) is 9.45. The van der Waals surface area contributed by atoms with Gasteiger partial charge in [0, 0.05) is 12.0 Å². The van der Waals surface area contributed by atoms with E-state index in [2.05, 4.69) is 6.07 Å². The molecule has 0 aliphatic rings. The predicted molar refractivity (Wildman–Crippen MR) is 161 cm³/mol. The maximum Gasteiger partial charge on any atom is 0.348 e. The minimum absolute atomic E-state index is 0.0212. The Bertz CT molecular complexity index is 1680. The summed E-state index contributed by atoms with van der Waals surface area (Å²) in [4.78, 5) is 54.9. The van der Waals surface area contributed by atoms with Crippen LogP contribution in [0.25, 0.3) is 10.2 Å². The fraction of sp³-hybridized carbons (Fsp3) is 0.516. The molecule has 2 aromatic heterocycles. The van der Waals surface area contributed by atoms with Crippen molar-refractivity contribution in [2.24, 2.45) is 11.8 Å². The van der Waals surface area contributed by atoms with Gasteiger partial charge >= 0.3 is 11.7 Å². The Morgan fingerprint density at radius 1 is 1.19 bits per heavy atom. The third kappa shape index (κ3) is 6.89. The maximum atomic E-state index is 14.5. The van der Waals surface area contributed by atoms with Crippen LogP contribution in [-0.4, -0.2) is 41.2 Å². The Morgan fingerprint density at radius 3 is 2.44 bits per heavy atom. The third-order valence-corrected chi connectivity index (χ3v) is 8.46. The van der Waals surface area contributed by atoms with Crippen LogP contribution in [-0.2, 0) is 26.4 Å². The third-order valence-electron chi connectivity index (χ3n) is 7.16. The first-order valence-corrected chi connectivity index (χ1v) is 14.9. The zero-order valence-electron chi connectivity index (χ0n) is 25.8. The van der Waals surface area contributed by atoms with Crippen LogP contribution in [0.2, 0.25) is 0 Å². The number of carbonyl (C=O) groups excluding carboxylic acids is 2.